The Morgan fingerprint density at radius 1 is 1.27 bits per heavy atom. The molecule has 0 atom stereocenters. The van der Waals surface area contributed by atoms with E-state index in [1.165, 1.54) is 6.26 Å². The van der Waals surface area contributed by atoms with Gasteiger partial charge < -0.3 is 0 Å². The van der Waals surface area contributed by atoms with Crippen molar-refractivity contribution in [2.75, 3.05) is 17.8 Å². The molecule has 90 valence electrons. The Hall–Kier alpha value is -0.580. The average molecular weight is 256 g/mol. The van der Waals surface area contributed by atoms with E-state index in [1.54, 1.807) is 5.92 Å². The van der Waals surface area contributed by atoms with Crippen LogP contribution in [0.4, 0.5) is 0 Å². The van der Waals surface area contributed by atoms with Crippen LogP contribution >= 0.6 is 0 Å². The second-order valence-corrected chi connectivity index (χ2v) is 6.63. The highest BCUT2D eigenvalue weighted by molar-refractivity contribution is 7.90. The second-order valence-electron chi connectivity index (χ2n) is 2.91. The lowest BCUT2D eigenvalue weighted by atomic mass is 10.4. The van der Waals surface area contributed by atoms with Gasteiger partial charge >= 0.3 is 0 Å². The van der Waals surface area contributed by atoms with Gasteiger partial charge in [0.1, 0.15) is 15.6 Å². The van der Waals surface area contributed by atoms with E-state index >= 15 is 0 Å². The number of hydrogen-bond donors (Lipinski definition) is 1. The average Bonchev–Trinajstić information content (AvgIpc) is 1.98. The minimum atomic E-state index is -3.91. The highest BCUT2D eigenvalue weighted by Gasteiger charge is 1.97. The Morgan fingerprint density at radius 3 is 1.80 bits per heavy atom. The van der Waals surface area contributed by atoms with Gasteiger partial charge in [-0.1, -0.05) is 19.3 Å². The molecule has 0 fully saturated rings. The summed E-state index contributed by atoms with van der Waals surface area (Å²) < 4.78 is 47.9. The standard InChI is InChI=1S/C5H12O2S.C3H4O3S/c1-3-4-5-8(2,6)7;1-2-3-7(4,5)6/h3-5H2,1-2H3;1H,3H2,(H,4,5,6). The normalized spacial score (nSPS) is 11.1. The molecule has 0 aliphatic heterocycles. The molecule has 0 aromatic carbocycles. The summed E-state index contributed by atoms with van der Waals surface area (Å²) in [7, 11) is -6.60. The van der Waals surface area contributed by atoms with Crippen molar-refractivity contribution in [1.29, 1.82) is 0 Å². The molecule has 7 heteroatoms. The van der Waals surface area contributed by atoms with Gasteiger partial charge in [-0.2, -0.15) is 8.42 Å². The van der Waals surface area contributed by atoms with Gasteiger partial charge in [0, 0.05) is 12.0 Å². The van der Waals surface area contributed by atoms with Crippen LogP contribution in [0.1, 0.15) is 19.8 Å². The lowest BCUT2D eigenvalue weighted by molar-refractivity contribution is 0.487. The smallest absolute Gasteiger partial charge is 0.276 e. The minimum absolute atomic E-state index is 0.337. The Bertz CT molecular complexity index is 385. The van der Waals surface area contributed by atoms with Crippen molar-refractivity contribution in [2.45, 2.75) is 19.8 Å². The number of hydrogen-bond acceptors (Lipinski definition) is 4. The van der Waals surface area contributed by atoms with E-state index in [0.29, 0.717) is 5.75 Å². The van der Waals surface area contributed by atoms with Gasteiger partial charge in [-0.05, 0) is 6.42 Å². The predicted molar refractivity (Wildman–Crippen MR) is 59.9 cm³/mol. The van der Waals surface area contributed by atoms with E-state index in [9.17, 15) is 16.8 Å². The third kappa shape index (κ3) is 24.7. The lowest BCUT2D eigenvalue weighted by Gasteiger charge is -1.91. The monoisotopic (exact) mass is 256 g/mol. The lowest BCUT2D eigenvalue weighted by Crippen LogP contribution is -2.01. The summed E-state index contributed by atoms with van der Waals surface area (Å²) in [6, 6.07) is 0. The summed E-state index contributed by atoms with van der Waals surface area (Å²) in [5, 5.41) is 0. The number of sulfone groups is 1. The van der Waals surface area contributed by atoms with Crippen LogP contribution in [0.2, 0.25) is 0 Å². The van der Waals surface area contributed by atoms with Gasteiger partial charge in [-0.25, -0.2) is 8.42 Å². The maximum atomic E-state index is 10.4. The molecule has 0 aliphatic rings. The Balaban J connectivity index is 0. The maximum absolute atomic E-state index is 10.4. The summed E-state index contributed by atoms with van der Waals surface area (Å²) in [6.45, 7) is 1.98. The first-order valence-corrected chi connectivity index (χ1v) is 7.85. The Morgan fingerprint density at radius 2 is 1.73 bits per heavy atom. The van der Waals surface area contributed by atoms with Crippen molar-refractivity contribution in [3.05, 3.63) is 0 Å². The number of unbranched alkanes of at least 4 members (excludes halogenated alkanes) is 1. The molecule has 15 heavy (non-hydrogen) atoms. The van der Waals surface area contributed by atoms with E-state index in [1.807, 2.05) is 6.92 Å². The fourth-order valence-electron chi connectivity index (χ4n) is 0.512. The van der Waals surface area contributed by atoms with Gasteiger partial charge in [-0.15, -0.1) is 6.42 Å². The van der Waals surface area contributed by atoms with Gasteiger partial charge in [0.2, 0.25) is 0 Å². The molecule has 0 amide bonds. The van der Waals surface area contributed by atoms with Crippen molar-refractivity contribution in [3.8, 4) is 12.3 Å². The zero-order chi connectivity index (χ0) is 12.5. The van der Waals surface area contributed by atoms with Crippen molar-refractivity contribution >= 4 is 20.0 Å². The van der Waals surface area contributed by atoms with E-state index in [-0.39, 0.29) is 0 Å². The second kappa shape index (κ2) is 7.68. The largest absolute Gasteiger partial charge is 0.285 e. The first-order chi connectivity index (χ1) is 6.62. The molecular formula is C8H16O5S2. The van der Waals surface area contributed by atoms with Crippen LogP contribution in [0, 0.1) is 12.3 Å². The van der Waals surface area contributed by atoms with Gasteiger partial charge in [-0.3, -0.25) is 4.55 Å². The van der Waals surface area contributed by atoms with Gasteiger partial charge in [0.15, 0.2) is 0 Å². The van der Waals surface area contributed by atoms with Crippen LogP contribution in [0.5, 0.6) is 0 Å². The topological polar surface area (TPSA) is 88.5 Å². The summed E-state index contributed by atoms with van der Waals surface area (Å²) >= 11 is 0. The highest BCUT2D eigenvalue weighted by Crippen LogP contribution is 1.91. The van der Waals surface area contributed by atoms with Gasteiger partial charge in [0.25, 0.3) is 10.1 Å². The third-order valence-corrected chi connectivity index (χ3v) is 2.70. The fourth-order valence-corrected chi connectivity index (χ4v) is 1.54. The third-order valence-electron chi connectivity index (χ3n) is 1.13. The molecule has 0 spiro atoms. The van der Waals surface area contributed by atoms with E-state index in [0.717, 1.165) is 12.8 Å². The summed E-state index contributed by atoms with van der Waals surface area (Å²) in [5.74, 6) is 1.50. The number of terminal acetylenes is 1. The first kappa shape index (κ1) is 16.8. The van der Waals surface area contributed by atoms with Crippen LogP contribution in [0.3, 0.4) is 0 Å². The number of rotatable bonds is 4. The molecule has 0 heterocycles. The van der Waals surface area contributed by atoms with Crippen molar-refractivity contribution in [1.82, 2.24) is 0 Å². The van der Waals surface area contributed by atoms with Crippen LogP contribution in [-0.4, -0.2) is 39.1 Å². The molecule has 5 nitrogen and oxygen atoms in total. The maximum Gasteiger partial charge on any atom is 0.276 e. The zero-order valence-electron chi connectivity index (χ0n) is 8.80. The molecule has 0 radical (unpaired) electrons. The Labute approximate surface area is 91.6 Å². The van der Waals surface area contributed by atoms with Crippen molar-refractivity contribution < 1.29 is 21.4 Å². The molecule has 0 aromatic heterocycles. The molecule has 0 bridgehead atoms. The molecule has 0 saturated heterocycles. The molecule has 1 N–H and O–H groups in total. The zero-order valence-corrected chi connectivity index (χ0v) is 10.4. The van der Waals surface area contributed by atoms with Crippen LogP contribution in [0.25, 0.3) is 0 Å². The summed E-state index contributed by atoms with van der Waals surface area (Å²) in [4.78, 5) is 0. The predicted octanol–water partition coefficient (Wildman–Crippen LogP) is 0.339. The van der Waals surface area contributed by atoms with E-state index in [2.05, 4.69) is 6.42 Å². The minimum Gasteiger partial charge on any atom is -0.285 e. The van der Waals surface area contributed by atoms with Crippen LogP contribution in [-0.2, 0) is 20.0 Å². The quantitative estimate of drug-likeness (QED) is 0.578. The summed E-state index contributed by atoms with van der Waals surface area (Å²) in [5.41, 5.74) is 0. The van der Waals surface area contributed by atoms with Gasteiger partial charge in [0.05, 0.1) is 0 Å². The van der Waals surface area contributed by atoms with E-state index < -0.39 is 25.7 Å². The molecule has 0 unspecified atom stereocenters. The highest BCUT2D eigenvalue weighted by atomic mass is 32.2. The molecule has 0 aliphatic carbocycles. The van der Waals surface area contributed by atoms with E-state index in [4.69, 9.17) is 4.55 Å². The fraction of sp³-hybridized carbons (Fsp3) is 0.750. The molecular weight excluding hydrogens is 240 g/mol. The van der Waals surface area contributed by atoms with Crippen molar-refractivity contribution in [2.24, 2.45) is 0 Å². The first-order valence-electron chi connectivity index (χ1n) is 4.18. The van der Waals surface area contributed by atoms with Crippen LogP contribution in [0.15, 0.2) is 0 Å². The SMILES string of the molecule is C#CCS(=O)(=O)O.CCCCS(C)(=O)=O. The Kier molecular flexibility index (Phi) is 8.62. The molecule has 0 saturated carbocycles. The van der Waals surface area contributed by atoms with Crippen LogP contribution < -0.4 is 0 Å². The molecule has 0 rings (SSSR count). The molecule has 0 aromatic rings. The van der Waals surface area contributed by atoms with Crippen molar-refractivity contribution in [3.63, 3.8) is 0 Å². The summed E-state index contributed by atoms with van der Waals surface area (Å²) in [6.07, 6.45) is 7.53.